The van der Waals surface area contributed by atoms with Gasteiger partial charge < -0.3 is 10.2 Å². The number of hydrogen-bond acceptors (Lipinski definition) is 4. The van der Waals surface area contributed by atoms with Gasteiger partial charge in [-0.2, -0.15) is 0 Å². The van der Waals surface area contributed by atoms with Crippen molar-refractivity contribution >= 4 is 0 Å². The molecule has 0 aliphatic heterocycles. The molecule has 0 aliphatic carbocycles. The van der Waals surface area contributed by atoms with Crippen molar-refractivity contribution < 1.29 is 4.42 Å². The van der Waals surface area contributed by atoms with E-state index in [1.54, 1.807) is 18.6 Å². The largest absolute Gasteiger partial charge is 0.439 e. The second-order valence-electron chi connectivity index (χ2n) is 2.56. The van der Waals surface area contributed by atoms with E-state index in [-0.39, 0.29) is 0 Å². The van der Waals surface area contributed by atoms with Gasteiger partial charge in [-0.25, -0.2) is 4.98 Å². The Morgan fingerprint density at radius 2 is 2.08 bits per heavy atom. The number of aromatic nitrogens is 2. The lowest BCUT2D eigenvalue weighted by Gasteiger charge is -1.92. The van der Waals surface area contributed by atoms with Gasteiger partial charge in [-0.1, -0.05) is 0 Å². The predicted octanol–water partition coefficient (Wildman–Crippen LogP) is 1.20. The molecule has 0 saturated heterocycles. The number of pyridine rings is 1. The number of hydrogen-bond donors (Lipinski definition) is 1. The summed E-state index contributed by atoms with van der Waals surface area (Å²) in [6.07, 6.45) is 5.08. The molecule has 0 bridgehead atoms. The first-order valence-electron chi connectivity index (χ1n) is 3.95. The number of oxazole rings is 1. The Labute approximate surface area is 75.4 Å². The molecule has 0 radical (unpaired) electrons. The normalized spacial score (nSPS) is 10.2. The van der Waals surface area contributed by atoms with E-state index in [1.807, 2.05) is 12.1 Å². The summed E-state index contributed by atoms with van der Waals surface area (Å²) in [5, 5.41) is 0. The van der Waals surface area contributed by atoms with E-state index >= 15 is 0 Å². The van der Waals surface area contributed by atoms with E-state index in [1.165, 1.54) is 0 Å². The van der Waals surface area contributed by atoms with Gasteiger partial charge in [-0.3, -0.25) is 4.98 Å². The number of rotatable bonds is 2. The molecule has 2 rings (SSSR count). The van der Waals surface area contributed by atoms with Crippen molar-refractivity contribution in [3.63, 3.8) is 0 Å². The first-order chi connectivity index (χ1) is 6.40. The Balaban J connectivity index is 2.36. The van der Waals surface area contributed by atoms with Crippen LogP contribution in [0.2, 0.25) is 0 Å². The van der Waals surface area contributed by atoms with Crippen LogP contribution in [0.3, 0.4) is 0 Å². The third kappa shape index (κ3) is 1.57. The minimum atomic E-state index is 0.324. The molecule has 66 valence electrons. The predicted molar refractivity (Wildman–Crippen MR) is 47.6 cm³/mol. The van der Waals surface area contributed by atoms with Crippen LogP contribution in [0.1, 0.15) is 5.89 Å². The molecular formula is C9H9N3O. The average molecular weight is 175 g/mol. The maximum Gasteiger partial charge on any atom is 0.208 e. The monoisotopic (exact) mass is 175 g/mol. The Morgan fingerprint density at radius 1 is 1.31 bits per heavy atom. The molecule has 2 aromatic rings. The smallest absolute Gasteiger partial charge is 0.208 e. The summed E-state index contributed by atoms with van der Waals surface area (Å²) in [4.78, 5) is 7.91. The van der Waals surface area contributed by atoms with Gasteiger partial charge in [0.15, 0.2) is 5.76 Å². The fourth-order valence-corrected chi connectivity index (χ4v) is 1.05. The Kier molecular flexibility index (Phi) is 2.06. The van der Waals surface area contributed by atoms with Crippen molar-refractivity contribution in [2.75, 3.05) is 0 Å². The first kappa shape index (κ1) is 7.94. The van der Waals surface area contributed by atoms with Gasteiger partial charge in [0.05, 0.1) is 12.7 Å². The van der Waals surface area contributed by atoms with Crippen molar-refractivity contribution in [1.82, 2.24) is 9.97 Å². The molecule has 0 aromatic carbocycles. The van der Waals surface area contributed by atoms with Crippen LogP contribution in [-0.4, -0.2) is 9.97 Å². The van der Waals surface area contributed by atoms with Gasteiger partial charge >= 0.3 is 0 Å². The highest BCUT2D eigenvalue weighted by Gasteiger charge is 2.03. The lowest BCUT2D eigenvalue weighted by molar-refractivity contribution is 0.509. The SMILES string of the molecule is NCc1ncc(-c2ccncc2)o1. The fraction of sp³-hybridized carbons (Fsp3) is 0.111. The quantitative estimate of drug-likeness (QED) is 0.744. The minimum Gasteiger partial charge on any atom is -0.439 e. The first-order valence-corrected chi connectivity index (χ1v) is 3.95. The third-order valence-electron chi connectivity index (χ3n) is 1.69. The molecule has 0 aliphatic rings. The maximum atomic E-state index is 5.37. The Hall–Kier alpha value is -1.68. The van der Waals surface area contributed by atoms with E-state index in [0.29, 0.717) is 12.4 Å². The molecule has 0 unspecified atom stereocenters. The Morgan fingerprint density at radius 3 is 2.69 bits per heavy atom. The number of nitrogens with zero attached hydrogens (tertiary/aromatic N) is 2. The van der Waals surface area contributed by atoms with Crippen molar-refractivity contribution in [3.05, 3.63) is 36.6 Å². The second kappa shape index (κ2) is 3.37. The van der Waals surface area contributed by atoms with E-state index in [0.717, 1.165) is 11.3 Å². The molecule has 0 atom stereocenters. The molecule has 4 nitrogen and oxygen atoms in total. The highest BCUT2D eigenvalue weighted by atomic mass is 16.4. The van der Waals surface area contributed by atoms with Crippen LogP contribution in [0.25, 0.3) is 11.3 Å². The minimum absolute atomic E-state index is 0.324. The van der Waals surface area contributed by atoms with E-state index in [4.69, 9.17) is 10.2 Å². The van der Waals surface area contributed by atoms with Gasteiger partial charge in [0, 0.05) is 18.0 Å². The highest BCUT2D eigenvalue weighted by molar-refractivity contribution is 5.54. The van der Waals surface area contributed by atoms with Crippen molar-refractivity contribution in [2.24, 2.45) is 5.73 Å². The summed E-state index contributed by atoms with van der Waals surface area (Å²) in [5.74, 6) is 1.27. The molecule has 13 heavy (non-hydrogen) atoms. The summed E-state index contributed by atoms with van der Waals surface area (Å²) >= 11 is 0. The van der Waals surface area contributed by atoms with Crippen LogP contribution < -0.4 is 5.73 Å². The lowest BCUT2D eigenvalue weighted by Crippen LogP contribution is -1.94. The molecule has 2 N–H and O–H groups in total. The molecule has 0 amide bonds. The van der Waals surface area contributed by atoms with Crippen LogP contribution in [0.4, 0.5) is 0 Å². The molecule has 0 saturated carbocycles. The molecule has 2 aromatic heterocycles. The lowest BCUT2D eigenvalue weighted by atomic mass is 10.2. The van der Waals surface area contributed by atoms with Gasteiger partial charge in [0.25, 0.3) is 0 Å². The Bertz CT molecular complexity index is 383. The second-order valence-corrected chi connectivity index (χ2v) is 2.56. The standard InChI is InChI=1S/C9H9N3O/c10-5-9-12-6-8(13-9)7-1-3-11-4-2-7/h1-4,6H,5,10H2. The van der Waals surface area contributed by atoms with Crippen molar-refractivity contribution in [2.45, 2.75) is 6.54 Å². The van der Waals surface area contributed by atoms with E-state index < -0.39 is 0 Å². The summed E-state index contributed by atoms with van der Waals surface area (Å²) in [5.41, 5.74) is 6.33. The van der Waals surface area contributed by atoms with Crippen LogP contribution in [-0.2, 0) is 6.54 Å². The summed E-state index contributed by atoms with van der Waals surface area (Å²) in [6, 6.07) is 3.72. The molecule has 2 heterocycles. The van der Waals surface area contributed by atoms with Gasteiger partial charge in [-0.15, -0.1) is 0 Å². The van der Waals surface area contributed by atoms with Crippen LogP contribution in [0.15, 0.2) is 35.1 Å². The van der Waals surface area contributed by atoms with Crippen molar-refractivity contribution in [1.29, 1.82) is 0 Å². The van der Waals surface area contributed by atoms with Gasteiger partial charge in [-0.05, 0) is 12.1 Å². The number of nitrogens with two attached hydrogens (primary N) is 1. The van der Waals surface area contributed by atoms with Crippen LogP contribution >= 0.6 is 0 Å². The molecular weight excluding hydrogens is 166 g/mol. The topological polar surface area (TPSA) is 64.9 Å². The van der Waals surface area contributed by atoms with Gasteiger partial charge in [0.2, 0.25) is 5.89 Å². The fourth-order valence-electron chi connectivity index (χ4n) is 1.05. The van der Waals surface area contributed by atoms with E-state index in [2.05, 4.69) is 9.97 Å². The summed E-state index contributed by atoms with van der Waals surface area (Å²) < 4.78 is 5.35. The van der Waals surface area contributed by atoms with Gasteiger partial charge in [0.1, 0.15) is 0 Å². The van der Waals surface area contributed by atoms with E-state index in [9.17, 15) is 0 Å². The summed E-state index contributed by atoms with van der Waals surface area (Å²) in [7, 11) is 0. The zero-order valence-corrected chi connectivity index (χ0v) is 6.97. The van der Waals surface area contributed by atoms with Crippen LogP contribution in [0.5, 0.6) is 0 Å². The van der Waals surface area contributed by atoms with Crippen LogP contribution in [0, 0.1) is 0 Å². The summed E-state index contributed by atoms with van der Waals surface area (Å²) in [6.45, 7) is 0.324. The zero-order chi connectivity index (χ0) is 9.10. The average Bonchev–Trinajstić information content (AvgIpc) is 2.67. The zero-order valence-electron chi connectivity index (χ0n) is 6.97. The molecule has 0 fully saturated rings. The molecule has 0 spiro atoms. The maximum absolute atomic E-state index is 5.37. The molecule has 4 heteroatoms. The third-order valence-corrected chi connectivity index (χ3v) is 1.69. The van der Waals surface area contributed by atoms with Crippen molar-refractivity contribution in [3.8, 4) is 11.3 Å². The highest BCUT2D eigenvalue weighted by Crippen LogP contribution is 2.18.